The van der Waals surface area contributed by atoms with Crippen LogP contribution in [0.3, 0.4) is 0 Å². The van der Waals surface area contributed by atoms with Gasteiger partial charge >= 0.3 is 0 Å². The summed E-state index contributed by atoms with van der Waals surface area (Å²) < 4.78 is 2.98. The van der Waals surface area contributed by atoms with E-state index in [1.165, 1.54) is 32.4 Å². The largest absolute Gasteiger partial charge is 0.369 e. The van der Waals surface area contributed by atoms with Crippen molar-refractivity contribution in [2.24, 2.45) is 0 Å². The molecular formula is C14H20BrN5. The number of piperidine rings is 1. The van der Waals surface area contributed by atoms with Crippen LogP contribution in [0.4, 0.5) is 5.95 Å². The molecule has 0 radical (unpaired) electrons. The van der Waals surface area contributed by atoms with E-state index in [4.69, 9.17) is 5.73 Å². The molecule has 0 spiro atoms. The number of halogens is 1. The number of anilines is 1. The highest BCUT2D eigenvalue weighted by atomic mass is 79.9. The van der Waals surface area contributed by atoms with E-state index in [1.54, 1.807) is 6.20 Å². The lowest BCUT2D eigenvalue weighted by atomic mass is 10.1. The van der Waals surface area contributed by atoms with E-state index in [0.29, 0.717) is 5.95 Å². The van der Waals surface area contributed by atoms with E-state index < -0.39 is 0 Å². The lowest BCUT2D eigenvalue weighted by Crippen LogP contribution is -2.34. The van der Waals surface area contributed by atoms with Crippen LogP contribution in [0.5, 0.6) is 0 Å². The number of nitrogens with zero attached hydrogens (tertiary/aromatic N) is 4. The predicted octanol–water partition coefficient (Wildman–Crippen LogP) is 2.82. The first-order valence-corrected chi connectivity index (χ1v) is 7.96. The third-order valence-corrected chi connectivity index (χ3v) is 4.37. The molecule has 2 aromatic heterocycles. The molecule has 1 saturated heterocycles. The first-order chi connectivity index (χ1) is 9.65. The lowest BCUT2D eigenvalue weighted by Gasteiger charge is -2.29. The zero-order valence-electron chi connectivity index (χ0n) is 11.7. The Bertz CT molecular complexity index is 603. The fourth-order valence-corrected chi connectivity index (χ4v) is 3.33. The van der Waals surface area contributed by atoms with Crippen LogP contribution in [0.1, 0.15) is 32.2 Å². The summed E-state index contributed by atoms with van der Waals surface area (Å²) in [7, 11) is 0. The molecular weight excluding hydrogens is 318 g/mol. The number of imidazole rings is 1. The minimum absolute atomic E-state index is 0.284. The summed E-state index contributed by atoms with van der Waals surface area (Å²) in [5, 5.41) is 0. The number of likely N-dealkylation sites (tertiary alicyclic amines) is 1. The normalized spacial score (nSPS) is 18.5. The number of aromatic nitrogens is 3. The Morgan fingerprint density at radius 3 is 2.85 bits per heavy atom. The molecule has 0 aliphatic carbocycles. The molecule has 0 saturated carbocycles. The van der Waals surface area contributed by atoms with Crippen molar-refractivity contribution in [1.82, 2.24) is 19.4 Å². The molecule has 1 aliphatic heterocycles. The van der Waals surface area contributed by atoms with E-state index >= 15 is 0 Å². The zero-order chi connectivity index (χ0) is 14.1. The summed E-state index contributed by atoms with van der Waals surface area (Å²) in [5.41, 5.74) is 7.81. The molecule has 2 N–H and O–H groups in total. The Labute approximate surface area is 127 Å². The number of hydrogen-bond acceptors (Lipinski definition) is 4. The Kier molecular flexibility index (Phi) is 3.94. The summed E-state index contributed by atoms with van der Waals surface area (Å²) >= 11 is 3.42. The summed E-state index contributed by atoms with van der Waals surface area (Å²) in [6.45, 7) is 5.58. The van der Waals surface area contributed by atoms with Crippen LogP contribution in [0.15, 0.2) is 16.7 Å². The summed E-state index contributed by atoms with van der Waals surface area (Å²) in [5.74, 6) is 0.551. The minimum Gasteiger partial charge on any atom is -0.369 e. The summed E-state index contributed by atoms with van der Waals surface area (Å²) in [6.07, 6.45) is 5.76. The maximum absolute atomic E-state index is 6.09. The van der Waals surface area contributed by atoms with Gasteiger partial charge in [-0.2, -0.15) is 0 Å². The van der Waals surface area contributed by atoms with Gasteiger partial charge in [-0.3, -0.25) is 4.57 Å². The van der Waals surface area contributed by atoms with Gasteiger partial charge in [0.25, 0.3) is 0 Å². The second-order valence-corrected chi connectivity index (χ2v) is 6.46. The maximum Gasteiger partial charge on any atom is 0.202 e. The SMILES string of the molecule is CC(CN1CCCCC1)n1c(N)nc2cc(Br)cnc21. The maximum atomic E-state index is 6.09. The van der Waals surface area contributed by atoms with E-state index in [2.05, 4.69) is 42.3 Å². The topological polar surface area (TPSA) is 60.0 Å². The standard InChI is InChI=1S/C14H20BrN5/c1-10(9-19-5-3-2-4-6-19)20-13-12(18-14(20)16)7-11(15)8-17-13/h7-8,10H,2-6,9H2,1H3,(H2,16,18). The molecule has 2 aromatic rings. The van der Waals surface area contributed by atoms with Gasteiger partial charge in [0.1, 0.15) is 5.52 Å². The highest BCUT2D eigenvalue weighted by molar-refractivity contribution is 9.10. The van der Waals surface area contributed by atoms with Gasteiger partial charge in [-0.15, -0.1) is 0 Å². The van der Waals surface area contributed by atoms with Gasteiger partial charge in [-0.05, 0) is 54.9 Å². The van der Waals surface area contributed by atoms with E-state index in [0.717, 1.165) is 22.2 Å². The molecule has 1 fully saturated rings. The van der Waals surface area contributed by atoms with Crippen LogP contribution < -0.4 is 5.73 Å². The number of nitrogen functional groups attached to an aromatic ring is 1. The molecule has 1 aliphatic rings. The monoisotopic (exact) mass is 337 g/mol. The second-order valence-electron chi connectivity index (χ2n) is 5.55. The highest BCUT2D eigenvalue weighted by Gasteiger charge is 2.19. The molecule has 3 rings (SSSR count). The van der Waals surface area contributed by atoms with Gasteiger partial charge in [0.15, 0.2) is 5.65 Å². The van der Waals surface area contributed by atoms with Crippen molar-refractivity contribution in [2.75, 3.05) is 25.4 Å². The Balaban J connectivity index is 1.86. The average Bonchev–Trinajstić information content (AvgIpc) is 2.74. The smallest absolute Gasteiger partial charge is 0.202 e. The molecule has 0 bridgehead atoms. The number of nitrogens with two attached hydrogens (primary N) is 1. The lowest BCUT2D eigenvalue weighted by molar-refractivity contribution is 0.203. The van der Waals surface area contributed by atoms with Crippen LogP contribution in [0.25, 0.3) is 11.2 Å². The van der Waals surface area contributed by atoms with Crippen molar-refractivity contribution in [2.45, 2.75) is 32.2 Å². The Morgan fingerprint density at radius 1 is 1.35 bits per heavy atom. The predicted molar refractivity (Wildman–Crippen MR) is 84.6 cm³/mol. The third-order valence-electron chi connectivity index (χ3n) is 3.94. The molecule has 20 heavy (non-hydrogen) atoms. The van der Waals surface area contributed by atoms with E-state index in [9.17, 15) is 0 Å². The molecule has 6 heteroatoms. The quantitative estimate of drug-likeness (QED) is 0.935. The first kappa shape index (κ1) is 13.8. The average molecular weight is 338 g/mol. The van der Waals surface area contributed by atoms with Crippen molar-refractivity contribution in [3.05, 3.63) is 16.7 Å². The fraction of sp³-hybridized carbons (Fsp3) is 0.571. The Morgan fingerprint density at radius 2 is 2.10 bits per heavy atom. The van der Waals surface area contributed by atoms with Crippen molar-refractivity contribution in [3.63, 3.8) is 0 Å². The van der Waals surface area contributed by atoms with Gasteiger partial charge in [0.2, 0.25) is 5.95 Å². The van der Waals surface area contributed by atoms with E-state index in [-0.39, 0.29) is 6.04 Å². The third kappa shape index (κ3) is 2.67. The molecule has 0 amide bonds. The summed E-state index contributed by atoms with van der Waals surface area (Å²) in [4.78, 5) is 11.4. The van der Waals surface area contributed by atoms with Gasteiger partial charge in [0, 0.05) is 23.3 Å². The molecule has 0 aromatic carbocycles. The van der Waals surface area contributed by atoms with Crippen molar-refractivity contribution < 1.29 is 0 Å². The van der Waals surface area contributed by atoms with Crippen molar-refractivity contribution in [3.8, 4) is 0 Å². The molecule has 3 heterocycles. The molecule has 1 unspecified atom stereocenters. The molecule has 1 atom stereocenters. The minimum atomic E-state index is 0.284. The second kappa shape index (κ2) is 5.69. The first-order valence-electron chi connectivity index (χ1n) is 7.16. The van der Waals surface area contributed by atoms with Gasteiger partial charge < -0.3 is 10.6 Å². The number of hydrogen-bond donors (Lipinski definition) is 1. The van der Waals surface area contributed by atoms with Gasteiger partial charge in [-0.1, -0.05) is 6.42 Å². The highest BCUT2D eigenvalue weighted by Crippen LogP contribution is 2.24. The van der Waals surface area contributed by atoms with Gasteiger partial charge in [-0.25, -0.2) is 9.97 Å². The van der Waals surface area contributed by atoms with Crippen LogP contribution in [-0.2, 0) is 0 Å². The Hall–Kier alpha value is -1.14. The zero-order valence-corrected chi connectivity index (χ0v) is 13.3. The number of fused-ring (bicyclic) bond motifs is 1. The molecule has 5 nitrogen and oxygen atoms in total. The van der Waals surface area contributed by atoms with E-state index in [1.807, 2.05) is 6.07 Å². The van der Waals surface area contributed by atoms with Crippen LogP contribution >= 0.6 is 15.9 Å². The number of pyridine rings is 1. The van der Waals surface area contributed by atoms with Gasteiger partial charge in [0.05, 0.1) is 0 Å². The van der Waals surface area contributed by atoms with Crippen LogP contribution in [-0.4, -0.2) is 39.1 Å². The van der Waals surface area contributed by atoms with Crippen LogP contribution in [0.2, 0.25) is 0 Å². The molecule has 108 valence electrons. The summed E-state index contributed by atoms with van der Waals surface area (Å²) in [6, 6.07) is 2.25. The van der Waals surface area contributed by atoms with Crippen LogP contribution in [0, 0.1) is 0 Å². The fourth-order valence-electron chi connectivity index (χ4n) is 3.01. The number of rotatable bonds is 3. The van der Waals surface area contributed by atoms with Crippen molar-refractivity contribution >= 4 is 33.0 Å². The van der Waals surface area contributed by atoms with Crippen molar-refractivity contribution in [1.29, 1.82) is 0 Å².